The van der Waals surface area contributed by atoms with Crippen LogP contribution < -0.4 is 4.74 Å². The summed E-state index contributed by atoms with van der Waals surface area (Å²) < 4.78 is 58.9. The molecule has 0 bridgehead atoms. The molecule has 0 aliphatic carbocycles. The van der Waals surface area contributed by atoms with E-state index < -0.39 is 11.7 Å². The van der Waals surface area contributed by atoms with Gasteiger partial charge < -0.3 is 4.74 Å². The number of rotatable bonds is 9. The molecule has 4 aromatic rings. The number of hydrogen-bond acceptors (Lipinski definition) is 2. The molecular formula is C29H27F4NO. The first-order valence-electron chi connectivity index (χ1n) is 11.8. The molecule has 0 saturated carbocycles. The van der Waals surface area contributed by atoms with Crippen molar-refractivity contribution < 1.29 is 22.3 Å². The van der Waals surface area contributed by atoms with E-state index in [1.165, 1.54) is 12.1 Å². The van der Waals surface area contributed by atoms with Crippen LogP contribution in [0.25, 0.3) is 10.8 Å². The van der Waals surface area contributed by atoms with Crippen molar-refractivity contribution >= 4 is 10.8 Å². The predicted octanol–water partition coefficient (Wildman–Crippen LogP) is 7.75. The largest absolute Gasteiger partial charge is 0.492 e. The molecule has 1 aromatic heterocycles. The summed E-state index contributed by atoms with van der Waals surface area (Å²) in [7, 11) is 0. The Morgan fingerprint density at radius 3 is 2.23 bits per heavy atom. The summed E-state index contributed by atoms with van der Waals surface area (Å²) in [5, 5.41) is 1.38. The lowest BCUT2D eigenvalue weighted by Gasteiger charge is -2.10. The van der Waals surface area contributed by atoms with Gasteiger partial charge in [0.25, 0.3) is 0 Å². The molecule has 2 nitrogen and oxygen atoms in total. The van der Waals surface area contributed by atoms with Crippen LogP contribution in [0.15, 0.2) is 72.9 Å². The van der Waals surface area contributed by atoms with E-state index in [1.54, 1.807) is 18.3 Å². The Kier molecular flexibility index (Phi) is 7.69. The first kappa shape index (κ1) is 24.7. The average molecular weight is 482 g/mol. The summed E-state index contributed by atoms with van der Waals surface area (Å²) in [6.45, 7) is 2.73. The molecule has 35 heavy (non-hydrogen) atoms. The molecule has 0 saturated heterocycles. The molecule has 1 heterocycles. The number of benzene rings is 3. The molecule has 0 unspecified atom stereocenters. The van der Waals surface area contributed by atoms with Gasteiger partial charge in [0.05, 0.1) is 18.4 Å². The number of alkyl halides is 3. The second kappa shape index (κ2) is 10.9. The number of aryl methyl sites for hydroxylation is 4. The normalized spacial score (nSPS) is 11.7. The molecule has 0 fully saturated rings. The van der Waals surface area contributed by atoms with E-state index in [0.29, 0.717) is 30.4 Å². The lowest BCUT2D eigenvalue weighted by Crippen LogP contribution is -2.04. The van der Waals surface area contributed by atoms with E-state index >= 15 is 4.39 Å². The second-order valence-corrected chi connectivity index (χ2v) is 8.62. The topological polar surface area (TPSA) is 22.1 Å². The van der Waals surface area contributed by atoms with Crippen LogP contribution >= 0.6 is 0 Å². The van der Waals surface area contributed by atoms with Crippen molar-refractivity contribution in [3.05, 3.63) is 107 Å². The minimum absolute atomic E-state index is 0.273. The Hall–Kier alpha value is -3.41. The van der Waals surface area contributed by atoms with Crippen molar-refractivity contribution in [2.45, 2.75) is 45.2 Å². The fraction of sp³-hybridized carbons (Fsp3) is 0.276. The quantitative estimate of drug-likeness (QED) is 0.228. The van der Waals surface area contributed by atoms with Gasteiger partial charge >= 0.3 is 6.18 Å². The van der Waals surface area contributed by atoms with Gasteiger partial charge in [0, 0.05) is 11.1 Å². The smallest absolute Gasteiger partial charge is 0.416 e. The van der Waals surface area contributed by atoms with Gasteiger partial charge in [-0.2, -0.15) is 13.2 Å². The number of hydrogen-bond donors (Lipinski definition) is 0. The van der Waals surface area contributed by atoms with E-state index in [4.69, 9.17) is 4.74 Å². The molecule has 3 aromatic carbocycles. The number of fused-ring (bicyclic) bond motifs is 1. The van der Waals surface area contributed by atoms with Gasteiger partial charge in [-0.15, -0.1) is 0 Å². The lowest BCUT2D eigenvalue weighted by molar-refractivity contribution is -0.137. The minimum Gasteiger partial charge on any atom is -0.492 e. The fourth-order valence-electron chi connectivity index (χ4n) is 4.01. The summed E-state index contributed by atoms with van der Waals surface area (Å²) in [5.41, 5.74) is 2.69. The molecule has 0 N–H and O–H groups in total. The molecule has 0 amide bonds. The van der Waals surface area contributed by atoms with Crippen LogP contribution in [0.1, 0.15) is 41.3 Å². The van der Waals surface area contributed by atoms with E-state index in [2.05, 4.69) is 11.9 Å². The van der Waals surface area contributed by atoms with E-state index in [-0.39, 0.29) is 5.82 Å². The summed E-state index contributed by atoms with van der Waals surface area (Å²) in [6, 6.07) is 18.3. The maximum atomic E-state index is 15.1. The third kappa shape index (κ3) is 6.38. The number of pyridine rings is 1. The monoisotopic (exact) mass is 481 g/mol. The number of halogens is 4. The number of nitrogens with zero attached hydrogens (tertiary/aromatic N) is 1. The molecule has 0 spiro atoms. The standard InChI is InChI=1S/C29H27F4NO/c1-2-17-35-26-15-14-25(34-19-26)13-6-21-7-16-27-23(18-21)10-9-22(28(27)30)8-3-20-4-11-24(12-5-20)29(31,32)33/h4-5,7,9-12,14-16,18-19H,2-3,6,8,13,17H2,1H3. The Morgan fingerprint density at radius 2 is 1.54 bits per heavy atom. The zero-order valence-corrected chi connectivity index (χ0v) is 19.5. The zero-order chi connectivity index (χ0) is 24.8. The molecule has 0 aliphatic rings. The van der Waals surface area contributed by atoms with Crippen LogP contribution in [-0.2, 0) is 31.9 Å². The van der Waals surface area contributed by atoms with Crippen molar-refractivity contribution in [2.75, 3.05) is 6.61 Å². The second-order valence-electron chi connectivity index (χ2n) is 8.62. The van der Waals surface area contributed by atoms with Crippen LogP contribution in [0.3, 0.4) is 0 Å². The van der Waals surface area contributed by atoms with Crippen molar-refractivity contribution in [2.24, 2.45) is 0 Å². The average Bonchev–Trinajstić information content (AvgIpc) is 2.86. The van der Waals surface area contributed by atoms with E-state index in [9.17, 15) is 13.2 Å². The molecule has 0 radical (unpaired) electrons. The van der Waals surface area contributed by atoms with Crippen LogP contribution in [0.4, 0.5) is 17.6 Å². The Bertz CT molecular complexity index is 1270. The first-order chi connectivity index (χ1) is 16.8. The van der Waals surface area contributed by atoms with Crippen LogP contribution in [-0.4, -0.2) is 11.6 Å². The summed E-state index contributed by atoms with van der Waals surface area (Å²) in [6.07, 6.45) is 0.777. The molecule has 182 valence electrons. The van der Waals surface area contributed by atoms with Gasteiger partial charge in [0.15, 0.2) is 0 Å². The number of aromatic nitrogens is 1. The lowest BCUT2D eigenvalue weighted by atomic mass is 9.97. The Balaban J connectivity index is 1.39. The molecule has 4 rings (SSSR count). The Morgan fingerprint density at radius 1 is 0.800 bits per heavy atom. The molecular weight excluding hydrogens is 454 g/mol. The molecule has 0 atom stereocenters. The first-order valence-corrected chi connectivity index (χ1v) is 11.8. The van der Waals surface area contributed by atoms with Gasteiger partial charge in [0.2, 0.25) is 0 Å². The third-order valence-electron chi connectivity index (χ3n) is 6.00. The molecule has 0 aliphatic heterocycles. The van der Waals surface area contributed by atoms with Crippen LogP contribution in [0.5, 0.6) is 5.75 Å². The van der Waals surface area contributed by atoms with E-state index in [1.807, 2.05) is 30.3 Å². The Labute approximate surface area is 202 Å². The van der Waals surface area contributed by atoms with Crippen LogP contribution in [0.2, 0.25) is 0 Å². The SMILES string of the molecule is CCCOc1ccc(CCc2ccc3c(F)c(CCc4ccc(C(F)(F)F)cc4)ccc3c2)nc1. The van der Waals surface area contributed by atoms with Gasteiger partial charge in [-0.3, -0.25) is 4.98 Å². The fourth-order valence-corrected chi connectivity index (χ4v) is 4.01. The highest BCUT2D eigenvalue weighted by Crippen LogP contribution is 2.29. The highest BCUT2D eigenvalue weighted by atomic mass is 19.4. The van der Waals surface area contributed by atoms with Crippen molar-refractivity contribution in [3.63, 3.8) is 0 Å². The predicted molar refractivity (Wildman–Crippen MR) is 130 cm³/mol. The van der Waals surface area contributed by atoms with Crippen LogP contribution in [0, 0.1) is 5.82 Å². The van der Waals surface area contributed by atoms with Gasteiger partial charge in [-0.05, 0) is 78.4 Å². The van der Waals surface area contributed by atoms with Gasteiger partial charge in [0.1, 0.15) is 11.6 Å². The highest BCUT2D eigenvalue weighted by molar-refractivity contribution is 5.84. The maximum absolute atomic E-state index is 15.1. The summed E-state index contributed by atoms with van der Waals surface area (Å²) >= 11 is 0. The maximum Gasteiger partial charge on any atom is 0.416 e. The van der Waals surface area contributed by atoms with Crippen molar-refractivity contribution in [1.29, 1.82) is 0 Å². The van der Waals surface area contributed by atoms with Gasteiger partial charge in [-0.25, -0.2) is 4.39 Å². The number of ether oxygens (including phenoxy) is 1. The summed E-state index contributed by atoms with van der Waals surface area (Å²) in [5.74, 6) is 0.496. The zero-order valence-electron chi connectivity index (χ0n) is 19.5. The minimum atomic E-state index is -4.35. The van der Waals surface area contributed by atoms with Gasteiger partial charge in [-0.1, -0.05) is 49.4 Å². The van der Waals surface area contributed by atoms with Crippen molar-refractivity contribution in [1.82, 2.24) is 4.98 Å². The van der Waals surface area contributed by atoms with Crippen molar-refractivity contribution in [3.8, 4) is 5.75 Å². The summed E-state index contributed by atoms with van der Waals surface area (Å²) in [4.78, 5) is 4.46. The molecule has 6 heteroatoms. The van der Waals surface area contributed by atoms with E-state index in [0.717, 1.165) is 59.4 Å². The highest BCUT2D eigenvalue weighted by Gasteiger charge is 2.29. The third-order valence-corrected chi connectivity index (χ3v) is 6.00.